The Hall–Kier alpha value is -2.04. The highest BCUT2D eigenvalue weighted by Gasteiger charge is 2.17. The average molecular weight is 275 g/mol. The minimum atomic E-state index is -0.222. The zero-order chi connectivity index (χ0) is 13.9. The molecule has 106 valence electrons. The van der Waals surface area contributed by atoms with Crippen LogP contribution in [0.25, 0.3) is 0 Å². The minimum absolute atomic E-state index is 0.222. The van der Waals surface area contributed by atoms with E-state index in [4.69, 9.17) is 4.74 Å². The molecule has 0 unspecified atom stereocenters. The first-order valence-electron chi connectivity index (χ1n) is 6.87. The molecule has 0 radical (unpaired) electrons. The van der Waals surface area contributed by atoms with Gasteiger partial charge in [-0.25, -0.2) is 4.39 Å². The lowest BCUT2D eigenvalue weighted by molar-refractivity contribution is 0.306. The zero-order valence-electron chi connectivity index (χ0n) is 11.6. The fourth-order valence-corrected chi connectivity index (χ4v) is 2.53. The Bertz CT molecular complexity index is 591. The molecule has 3 rings (SSSR count). The Kier molecular flexibility index (Phi) is 3.58. The number of aromatic nitrogens is 2. The molecule has 20 heavy (non-hydrogen) atoms. The first kappa shape index (κ1) is 13.0. The molecule has 1 aromatic heterocycles. The third kappa shape index (κ3) is 2.76. The second kappa shape index (κ2) is 5.53. The van der Waals surface area contributed by atoms with Crippen molar-refractivity contribution in [3.8, 4) is 5.75 Å². The molecule has 4 nitrogen and oxygen atoms in total. The summed E-state index contributed by atoms with van der Waals surface area (Å²) in [6, 6.07) is 4.71. The normalized spacial score (nSPS) is 14.8. The molecular formula is C15H18FN3O. The van der Waals surface area contributed by atoms with E-state index >= 15 is 0 Å². The molecule has 1 aliphatic heterocycles. The maximum absolute atomic E-state index is 13.5. The molecule has 1 aliphatic rings. The van der Waals surface area contributed by atoms with Crippen molar-refractivity contribution >= 4 is 5.69 Å². The van der Waals surface area contributed by atoms with Crippen LogP contribution in [-0.2, 0) is 13.7 Å². The van der Waals surface area contributed by atoms with Gasteiger partial charge in [0, 0.05) is 38.0 Å². The van der Waals surface area contributed by atoms with Gasteiger partial charge in [0.15, 0.2) is 0 Å². The summed E-state index contributed by atoms with van der Waals surface area (Å²) >= 11 is 0. The van der Waals surface area contributed by atoms with Gasteiger partial charge in [-0.2, -0.15) is 5.10 Å². The number of benzene rings is 1. The molecule has 0 saturated carbocycles. The van der Waals surface area contributed by atoms with Crippen molar-refractivity contribution in [3.63, 3.8) is 0 Å². The number of hydrogen-bond donors (Lipinski definition) is 0. The molecule has 0 aliphatic carbocycles. The Morgan fingerprint density at radius 3 is 2.80 bits per heavy atom. The van der Waals surface area contributed by atoms with Crippen LogP contribution < -0.4 is 9.64 Å². The first-order chi connectivity index (χ1) is 9.72. The summed E-state index contributed by atoms with van der Waals surface area (Å²) in [5.41, 5.74) is 1.86. The summed E-state index contributed by atoms with van der Waals surface area (Å²) in [5.74, 6) is 0.512. The fourth-order valence-electron chi connectivity index (χ4n) is 2.53. The lowest BCUT2D eigenvalue weighted by Gasteiger charge is -2.21. The van der Waals surface area contributed by atoms with E-state index < -0.39 is 0 Å². The number of rotatable bonds is 4. The fraction of sp³-hybridized carbons (Fsp3) is 0.400. The van der Waals surface area contributed by atoms with Crippen molar-refractivity contribution in [2.24, 2.45) is 7.05 Å². The van der Waals surface area contributed by atoms with Gasteiger partial charge in [-0.05, 0) is 25.0 Å². The van der Waals surface area contributed by atoms with Gasteiger partial charge in [-0.1, -0.05) is 0 Å². The zero-order valence-corrected chi connectivity index (χ0v) is 11.6. The largest absolute Gasteiger partial charge is 0.487 e. The monoisotopic (exact) mass is 275 g/mol. The van der Waals surface area contributed by atoms with Gasteiger partial charge in [0.25, 0.3) is 0 Å². The summed E-state index contributed by atoms with van der Waals surface area (Å²) in [5, 5.41) is 4.11. The van der Waals surface area contributed by atoms with Gasteiger partial charge in [-0.3, -0.25) is 4.68 Å². The number of aryl methyl sites for hydroxylation is 1. The Labute approximate surface area is 117 Å². The molecule has 0 atom stereocenters. The molecule has 1 saturated heterocycles. The smallest absolute Gasteiger partial charge is 0.143 e. The molecule has 0 N–H and O–H groups in total. The third-order valence-electron chi connectivity index (χ3n) is 3.52. The van der Waals surface area contributed by atoms with E-state index in [0.29, 0.717) is 6.61 Å². The SMILES string of the molecule is Cn1cc(COc2ccc(F)cc2N2CCCC2)cn1. The Morgan fingerprint density at radius 2 is 2.10 bits per heavy atom. The van der Waals surface area contributed by atoms with Crippen molar-refractivity contribution < 1.29 is 9.13 Å². The van der Waals surface area contributed by atoms with Crippen LogP contribution in [0.1, 0.15) is 18.4 Å². The van der Waals surface area contributed by atoms with Gasteiger partial charge >= 0.3 is 0 Å². The maximum Gasteiger partial charge on any atom is 0.143 e. The van der Waals surface area contributed by atoms with Crippen LogP contribution >= 0.6 is 0 Å². The van der Waals surface area contributed by atoms with E-state index in [1.165, 1.54) is 6.07 Å². The number of ether oxygens (including phenoxy) is 1. The summed E-state index contributed by atoms with van der Waals surface area (Å²) < 4.78 is 21.1. The van der Waals surface area contributed by atoms with Gasteiger partial charge in [0.2, 0.25) is 0 Å². The van der Waals surface area contributed by atoms with Crippen LogP contribution in [0.15, 0.2) is 30.6 Å². The number of nitrogens with zero attached hydrogens (tertiary/aromatic N) is 3. The molecule has 0 bridgehead atoms. The van der Waals surface area contributed by atoms with Crippen LogP contribution in [0.3, 0.4) is 0 Å². The second-order valence-corrected chi connectivity index (χ2v) is 5.12. The van der Waals surface area contributed by atoms with Crippen LogP contribution in [0.2, 0.25) is 0 Å². The molecule has 2 aromatic rings. The standard InChI is InChI=1S/C15H18FN3O/c1-18-10-12(9-17-18)11-20-15-5-4-13(16)8-14(15)19-6-2-3-7-19/h4-5,8-10H,2-3,6-7,11H2,1H3. The summed E-state index contributed by atoms with van der Waals surface area (Å²) in [4.78, 5) is 2.18. The van der Waals surface area contributed by atoms with Crippen LogP contribution in [0.4, 0.5) is 10.1 Å². The van der Waals surface area contributed by atoms with Gasteiger partial charge in [0.05, 0.1) is 11.9 Å². The van der Waals surface area contributed by atoms with Gasteiger partial charge < -0.3 is 9.64 Å². The summed E-state index contributed by atoms with van der Waals surface area (Å²) in [6.07, 6.45) is 6.00. The molecular weight excluding hydrogens is 257 g/mol. The maximum atomic E-state index is 13.5. The van der Waals surface area contributed by atoms with Crippen molar-refractivity contribution in [2.75, 3.05) is 18.0 Å². The molecule has 0 spiro atoms. The van der Waals surface area contributed by atoms with E-state index in [9.17, 15) is 4.39 Å². The summed E-state index contributed by atoms with van der Waals surface area (Å²) in [6.45, 7) is 2.37. The van der Waals surface area contributed by atoms with Crippen LogP contribution in [0.5, 0.6) is 5.75 Å². The van der Waals surface area contributed by atoms with Crippen molar-refractivity contribution in [2.45, 2.75) is 19.4 Å². The van der Waals surface area contributed by atoms with Crippen LogP contribution in [0, 0.1) is 5.82 Å². The highest BCUT2D eigenvalue weighted by molar-refractivity contribution is 5.59. The van der Waals surface area contributed by atoms with E-state index in [2.05, 4.69) is 10.00 Å². The molecule has 1 aromatic carbocycles. The van der Waals surface area contributed by atoms with E-state index in [-0.39, 0.29) is 5.82 Å². The summed E-state index contributed by atoms with van der Waals surface area (Å²) in [7, 11) is 1.87. The van der Waals surface area contributed by atoms with E-state index in [1.54, 1.807) is 23.0 Å². The van der Waals surface area contributed by atoms with Crippen LogP contribution in [-0.4, -0.2) is 22.9 Å². The first-order valence-corrected chi connectivity index (χ1v) is 6.87. The molecule has 0 amide bonds. The molecule has 1 fully saturated rings. The Morgan fingerprint density at radius 1 is 1.30 bits per heavy atom. The third-order valence-corrected chi connectivity index (χ3v) is 3.52. The lowest BCUT2D eigenvalue weighted by Crippen LogP contribution is -2.18. The quantitative estimate of drug-likeness (QED) is 0.859. The predicted octanol–water partition coefficient (Wildman–Crippen LogP) is 2.74. The van der Waals surface area contributed by atoms with Crippen molar-refractivity contribution in [1.82, 2.24) is 9.78 Å². The minimum Gasteiger partial charge on any atom is -0.487 e. The molecule has 2 heterocycles. The highest BCUT2D eigenvalue weighted by atomic mass is 19.1. The number of halogens is 1. The molecule has 5 heteroatoms. The van der Waals surface area contributed by atoms with Crippen molar-refractivity contribution in [1.29, 1.82) is 0 Å². The van der Waals surface area contributed by atoms with Gasteiger partial charge in [-0.15, -0.1) is 0 Å². The lowest BCUT2D eigenvalue weighted by atomic mass is 10.2. The number of anilines is 1. The topological polar surface area (TPSA) is 30.3 Å². The van der Waals surface area contributed by atoms with Crippen molar-refractivity contribution in [3.05, 3.63) is 42.0 Å². The van der Waals surface area contributed by atoms with E-state index in [0.717, 1.165) is 42.9 Å². The van der Waals surface area contributed by atoms with Gasteiger partial charge in [0.1, 0.15) is 18.2 Å². The predicted molar refractivity (Wildman–Crippen MR) is 75.4 cm³/mol. The highest BCUT2D eigenvalue weighted by Crippen LogP contribution is 2.32. The Balaban J connectivity index is 1.77. The number of hydrogen-bond acceptors (Lipinski definition) is 3. The van der Waals surface area contributed by atoms with E-state index in [1.807, 2.05) is 13.2 Å². The second-order valence-electron chi connectivity index (χ2n) is 5.12. The average Bonchev–Trinajstić information content (AvgIpc) is 3.08.